The number of ether oxygens (including phenoxy) is 2. The van der Waals surface area contributed by atoms with Gasteiger partial charge in [0.15, 0.2) is 0 Å². The van der Waals surface area contributed by atoms with E-state index in [0.717, 1.165) is 0 Å². The number of aromatic nitrogens is 2. The molecular formula is C25H29BBrF3N2O6. The fraction of sp³-hybridized carbons (Fsp3) is 0.440. The molecule has 0 aliphatic rings. The molecule has 0 radical (unpaired) electrons. The number of hydrogen-bond donors (Lipinski definition) is 2. The van der Waals surface area contributed by atoms with Gasteiger partial charge in [-0.25, -0.2) is 0 Å². The van der Waals surface area contributed by atoms with Crippen LogP contribution in [0.2, 0.25) is 0 Å². The molecule has 0 spiro atoms. The lowest BCUT2D eigenvalue weighted by Gasteiger charge is -2.26. The van der Waals surface area contributed by atoms with Gasteiger partial charge in [0.05, 0.1) is 30.3 Å². The van der Waals surface area contributed by atoms with E-state index in [-0.39, 0.29) is 30.0 Å². The van der Waals surface area contributed by atoms with E-state index < -0.39 is 37.5 Å². The fourth-order valence-corrected chi connectivity index (χ4v) is 4.68. The first-order valence-corrected chi connectivity index (χ1v) is 12.5. The van der Waals surface area contributed by atoms with Crippen LogP contribution in [0.15, 0.2) is 34.9 Å². The van der Waals surface area contributed by atoms with Crippen LogP contribution in [0.4, 0.5) is 13.2 Å². The molecule has 0 saturated heterocycles. The Labute approximate surface area is 227 Å². The van der Waals surface area contributed by atoms with Crippen molar-refractivity contribution in [3.8, 4) is 17.0 Å². The smallest absolute Gasteiger partial charge is 0.511 e. The first-order chi connectivity index (χ1) is 17.6. The molecule has 38 heavy (non-hydrogen) atoms. The minimum absolute atomic E-state index is 0.0428. The first-order valence-electron chi connectivity index (χ1n) is 11.7. The SMILES string of the molecule is CO[C@@H](C)c1ncc(OB(O)O)cc1-c1c(CC(C)(C)COC(C)=O)c2cc(Br)ccc2n1CC(F)(F)F. The van der Waals surface area contributed by atoms with Gasteiger partial charge in [-0.1, -0.05) is 29.8 Å². The zero-order chi connectivity index (χ0) is 28.4. The number of fused-ring (bicyclic) bond motifs is 1. The third kappa shape index (κ3) is 7.28. The van der Waals surface area contributed by atoms with E-state index in [1.807, 2.05) is 13.8 Å². The highest BCUT2D eigenvalue weighted by Gasteiger charge is 2.34. The highest BCUT2D eigenvalue weighted by atomic mass is 79.9. The summed E-state index contributed by atoms with van der Waals surface area (Å²) in [7, 11) is -0.710. The summed E-state index contributed by atoms with van der Waals surface area (Å²) in [5.41, 5.74) is 1.06. The van der Waals surface area contributed by atoms with Crippen LogP contribution in [0, 0.1) is 5.41 Å². The van der Waals surface area contributed by atoms with Crippen molar-refractivity contribution in [2.45, 2.75) is 52.9 Å². The zero-order valence-corrected chi connectivity index (χ0v) is 23.2. The van der Waals surface area contributed by atoms with Gasteiger partial charge in [0, 0.05) is 40.4 Å². The standard InChI is InChI=1S/C25H29BBrF3N2O6/c1-14(36-5)22-19(9-17(11-31-22)38-26(34)35)23-20(10-24(3,4)13-37-15(2)33)18-8-16(27)6-7-21(18)32(23)12-25(28,29)30/h6-9,11,14,34-35H,10,12-13H2,1-5H3/t14-/m0/s1. The molecule has 13 heteroatoms. The summed E-state index contributed by atoms with van der Waals surface area (Å²) < 4.78 is 59.4. The lowest BCUT2D eigenvalue weighted by molar-refractivity contribution is -0.144. The number of halogens is 4. The average Bonchev–Trinajstić information content (AvgIpc) is 3.06. The summed E-state index contributed by atoms with van der Waals surface area (Å²) >= 11 is 3.43. The molecule has 0 saturated carbocycles. The third-order valence-electron chi connectivity index (χ3n) is 5.92. The van der Waals surface area contributed by atoms with Crippen molar-refractivity contribution in [1.82, 2.24) is 9.55 Å². The van der Waals surface area contributed by atoms with E-state index in [1.54, 1.807) is 25.1 Å². The topological polar surface area (TPSA) is 103 Å². The summed E-state index contributed by atoms with van der Waals surface area (Å²) in [4.78, 5) is 15.8. The van der Waals surface area contributed by atoms with Gasteiger partial charge in [-0.05, 0) is 43.2 Å². The Kier molecular flexibility index (Phi) is 9.18. The number of carbonyl (C=O) groups excluding carboxylic acids is 1. The number of pyridine rings is 1. The Morgan fingerprint density at radius 1 is 1.24 bits per heavy atom. The molecule has 0 bridgehead atoms. The summed E-state index contributed by atoms with van der Waals surface area (Å²) in [6.07, 6.45) is -3.70. The monoisotopic (exact) mass is 600 g/mol. The van der Waals surface area contributed by atoms with E-state index in [9.17, 15) is 28.0 Å². The molecule has 8 nitrogen and oxygen atoms in total. The number of alkyl halides is 3. The van der Waals surface area contributed by atoms with E-state index in [0.29, 0.717) is 26.6 Å². The van der Waals surface area contributed by atoms with Crippen molar-refractivity contribution < 1.29 is 42.1 Å². The predicted octanol–water partition coefficient (Wildman–Crippen LogP) is 5.22. The molecule has 2 aromatic heterocycles. The highest BCUT2D eigenvalue weighted by Crippen LogP contribution is 2.43. The normalized spacial score (nSPS) is 13.0. The molecule has 3 aromatic rings. The van der Waals surface area contributed by atoms with E-state index in [4.69, 9.17) is 14.1 Å². The van der Waals surface area contributed by atoms with Crippen LogP contribution >= 0.6 is 15.9 Å². The Hall–Kier alpha value is -2.61. The number of hydrogen-bond acceptors (Lipinski definition) is 7. The van der Waals surface area contributed by atoms with Crippen molar-refractivity contribution in [3.63, 3.8) is 0 Å². The van der Waals surface area contributed by atoms with Gasteiger partial charge in [0.1, 0.15) is 12.3 Å². The third-order valence-corrected chi connectivity index (χ3v) is 6.41. The first kappa shape index (κ1) is 29.9. The maximum atomic E-state index is 14.0. The van der Waals surface area contributed by atoms with Crippen LogP contribution in [-0.4, -0.2) is 52.8 Å². The highest BCUT2D eigenvalue weighted by molar-refractivity contribution is 9.10. The molecule has 0 aliphatic carbocycles. The fourth-order valence-electron chi connectivity index (χ4n) is 4.32. The molecule has 0 amide bonds. The van der Waals surface area contributed by atoms with Crippen LogP contribution in [0.5, 0.6) is 5.75 Å². The number of nitrogens with zero attached hydrogens (tertiary/aromatic N) is 2. The van der Waals surface area contributed by atoms with Gasteiger partial charge in [-0.15, -0.1) is 0 Å². The van der Waals surface area contributed by atoms with Gasteiger partial charge in [-0.3, -0.25) is 9.78 Å². The molecule has 1 aromatic carbocycles. The molecule has 206 valence electrons. The lowest BCUT2D eigenvalue weighted by Crippen LogP contribution is -2.24. The lowest BCUT2D eigenvalue weighted by atomic mass is 9.84. The summed E-state index contributed by atoms with van der Waals surface area (Å²) in [6, 6.07) is 6.41. The molecular weight excluding hydrogens is 572 g/mol. The van der Waals surface area contributed by atoms with Crippen LogP contribution in [-0.2, 0) is 27.2 Å². The predicted molar refractivity (Wildman–Crippen MR) is 139 cm³/mol. The van der Waals surface area contributed by atoms with Crippen molar-refractivity contribution in [1.29, 1.82) is 0 Å². The van der Waals surface area contributed by atoms with Gasteiger partial charge in [0.25, 0.3) is 0 Å². The largest absolute Gasteiger partial charge is 0.707 e. The maximum Gasteiger partial charge on any atom is 0.707 e. The van der Waals surface area contributed by atoms with E-state index in [1.165, 1.54) is 30.9 Å². The van der Waals surface area contributed by atoms with Crippen molar-refractivity contribution >= 4 is 40.1 Å². The second-order valence-electron chi connectivity index (χ2n) is 9.74. The van der Waals surface area contributed by atoms with Crippen molar-refractivity contribution in [2.24, 2.45) is 5.41 Å². The Morgan fingerprint density at radius 2 is 1.92 bits per heavy atom. The molecule has 0 fully saturated rings. The van der Waals surface area contributed by atoms with Gasteiger partial charge >= 0.3 is 19.5 Å². The van der Waals surface area contributed by atoms with Crippen LogP contribution < -0.4 is 4.65 Å². The van der Waals surface area contributed by atoms with Gasteiger partial charge in [0.2, 0.25) is 0 Å². The summed E-state index contributed by atoms with van der Waals surface area (Å²) in [5.74, 6) is -0.523. The van der Waals surface area contributed by atoms with Crippen LogP contribution in [0.1, 0.15) is 45.1 Å². The number of carbonyl (C=O) groups is 1. The molecule has 0 unspecified atom stereocenters. The minimum Gasteiger partial charge on any atom is -0.511 e. The molecule has 2 N–H and O–H groups in total. The molecule has 3 rings (SSSR count). The molecule has 0 aliphatic heterocycles. The number of rotatable bonds is 10. The Balaban J connectivity index is 2.42. The van der Waals surface area contributed by atoms with Crippen molar-refractivity contribution in [2.75, 3.05) is 13.7 Å². The summed E-state index contributed by atoms with van der Waals surface area (Å²) in [6.45, 7) is 5.44. The Morgan fingerprint density at radius 3 is 2.50 bits per heavy atom. The quantitative estimate of drug-likeness (QED) is 0.243. The molecule has 2 heterocycles. The minimum atomic E-state index is -4.56. The second-order valence-corrected chi connectivity index (χ2v) is 10.7. The average molecular weight is 601 g/mol. The summed E-state index contributed by atoms with van der Waals surface area (Å²) in [5, 5.41) is 19.2. The zero-order valence-electron chi connectivity index (χ0n) is 21.6. The number of methoxy groups -OCH3 is 1. The van der Waals surface area contributed by atoms with Crippen molar-refractivity contribution in [3.05, 3.63) is 46.2 Å². The van der Waals surface area contributed by atoms with E-state index >= 15 is 0 Å². The number of esters is 1. The maximum absolute atomic E-state index is 14.0. The van der Waals surface area contributed by atoms with Crippen LogP contribution in [0.25, 0.3) is 22.2 Å². The Bertz CT molecular complexity index is 1310. The van der Waals surface area contributed by atoms with Gasteiger partial charge in [-0.2, -0.15) is 13.2 Å². The van der Waals surface area contributed by atoms with Crippen LogP contribution in [0.3, 0.4) is 0 Å². The molecule has 1 atom stereocenters. The number of benzene rings is 1. The van der Waals surface area contributed by atoms with Gasteiger partial charge < -0.3 is 28.7 Å². The van der Waals surface area contributed by atoms with E-state index in [2.05, 4.69) is 20.9 Å². The second kappa shape index (κ2) is 11.6.